The Kier molecular flexibility index (Phi) is 2.90. The van der Waals surface area contributed by atoms with Gasteiger partial charge in [-0.25, -0.2) is 4.79 Å². The van der Waals surface area contributed by atoms with E-state index in [9.17, 15) is 18.0 Å². The summed E-state index contributed by atoms with van der Waals surface area (Å²) in [5, 5.41) is 17.3. The number of aromatic carboxylic acids is 1. The molecule has 0 bridgehead atoms. The van der Waals surface area contributed by atoms with E-state index >= 15 is 0 Å². The number of halogens is 3. The minimum atomic E-state index is -4.62. The molecule has 0 unspecified atom stereocenters. The largest absolute Gasteiger partial charge is 0.478 e. The van der Waals surface area contributed by atoms with Crippen LogP contribution in [-0.4, -0.2) is 11.1 Å². The highest BCUT2D eigenvalue weighted by atomic mass is 19.4. The van der Waals surface area contributed by atoms with Gasteiger partial charge in [0, 0.05) is 0 Å². The van der Waals surface area contributed by atoms with Gasteiger partial charge in [-0.05, 0) is 24.6 Å². The maximum Gasteiger partial charge on any atom is 0.416 e. The van der Waals surface area contributed by atoms with Crippen molar-refractivity contribution in [1.29, 1.82) is 5.26 Å². The van der Waals surface area contributed by atoms with E-state index in [4.69, 9.17) is 10.4 Å². The predicted molar refractivity (Wildman–Crippen MR) is 47.9 cm³/mol. The van der Waals surface area contributed by atoms with Crippen molar-refractivity contribution >= 4 is 5.97 Å². The van der Waals surface area contributed by atoms with Gasteiger partial charge in [0.05, 0.1) is 16.7 Å². The van der Waals surface area contributed by atoms with Gasteiger partial charge in [0.25, 0.3) is 0 Å². The van der Waals surface area contributed by atoms with Crippen LogP contribution in [0, 0.1) is 18.3 Å². The lowest BCUT2D eigenvalue weighted by atomic mass is 9.99. The number of carboxylic acids is 1. The molecule has 0 spiro atoms. The van der Waals surface area contributed by atoms with Crippen molar-refractivity contribution in [3.05, 3.63) is 34.4 Å². The van der Waals surface area contributed by atoms with E-state index in [1.54, 1.807) is 6.07 Å². The Morgan fingerprint density at radius 2 is 2.00 bits per heavy atom. The second-order valence-corrected chi connectivity index (χ2v) is 3.13. The molecule has 1 rings (SSSR count). The van der Waals surface area contributed by atoms with Gasteiger partial charge in [-0.15, -0.1) is 0 Å². The maximum absolute atomic E-state index is 12.5. The molecule has 16 heavy (non-hydrogen) atoms. The minimum Gasteiger partial charge on any atom is -0.478 e. The van der Waals surface area contributed by atoms with Crippen LogP contribution in [0.2, 0.25) is 0 Å². The van der Waals surface area contributed by atoms with Crippen LogP contribution in [0.3, 0.4) is 0 Å². The lowest BCUT2D eigenvalue weighted by Crippen LogP contribution is -2.11. The molecule has 0 aromatic heterocycles. The Morgan fingerprint density at radius 1 is 1.44 bits per heavy atom. The molecule has 84 valence electrons. The smallest absolute Gasteiger partial charge is 0.416 e. The number of hydrogen-bond donors (Lipinski definition) is 1. The normalized spacial score (nSPS) is 10.9. The highest BCUT2D eigenvalue weighted by Crippen LogP contribution is 2.33. The van der Waals surface area contributed by atoms with Gasteiger partial charge in [0.2, 0.25) is 0 Å². The summed E-state index contributed by atoms with van der Waals surface area (Å²) in [6.07, 6.45) is -4.62. The molecule has 1 aromatic carbocycles. The van der Waals surface area contributed by atoms with Crippen LogP contribution in [0.4, 0.5) is 13.2 Å². The summed E-state index contributed by atoms with van der Waals surface area (Å²) in [4.78, 5) is 10.7. The quantitative estimate of drug-likeness (QED) is 0.804. The molecule has 0 aliphatic rings. The van der Waals surface area contributed by atoms with Crippen molar-refractivity contribution in [1.82, 2.24) is 0 Å². The van der Waals surface area contributed by atoms with E-state index in [0.717, 1.165) is 6.07 Å². The van der Waals surface area contributed by atoms with E-state index in [1.165, 1.54) is 6.92 Å². The van der Waals surface area contributed by atoms with Crippen LogP contribution in [0.25, 0.3) is 0 Å². The zero-order chi connectivity index (χ0) is 12.5. The molecule has 6 heteroatoms. The highest BCUT2D eigenvalue weighted by Gasteiger charge is 2.33. The highest BCUT2D eigenvalue weighted by molar-refractivity contribution is 5.91. The third kappa shape index (κ3) is 2.14. The monoisotopic (exact) mass is 229 g/mol. The molecule has 0 amide bonds. The fraction of sp³-hybridized carbons (Fsp3) is 0.200. The number of hydrogen-bond acceptors (Lipinski definition) is 2. The lowest BCUT2D eigenvalue weighted by molar-refractivity contribution is -0.138. The van der Waals surface area contributed by atoms with Gasteiger partial charge in [-0.2, -0.15) is 18.4 Å². The number of nitrogens with zero attached hydrogens (tertiary/aromatic N) is 1. The van der Waals surface area contributed by atoms with E-state index in [1.807, 2.05) is 0 Å². The molecular weight excluding hydrogens is 223 g/mol. The number of aryl methyl sites for hydroxylation is 1. The summed E-state index contributed by atoms with van der Waals surface area (Å²) in [7, 11) is 0. The minimum absolute atomic E-state index is 0.172. The average Bonchev–Trinajstić information content (AvgIpc) is 2.14. The van der Waals surface area contributed by atoms with Crippen LogP contribution in [-0.2, 0) is 6.18 Å². The number of carbonyl (C=O) groups is 1. The molecule has 0 fully saturated rings. The third-order valence-electron chi connectivity index (χ3n) is 2.02. The zero-order valence-corrected chi connectivity index (χ0v) is 8.09. The second-order valence-electron chi connectivity index (χ2n) is 3.13. The Bertz CT molecular complexity index is 486. The topological polar surface area (TPSA) is 61.1 Å². The fourth-order valence-corrected chi connectivity index (χ4v) is 1.28. The molecule has 1 aromatic rings. The Hall–Kier alpha value is -2.03. The van der Waals surface area contributed by atoms with Crippen LogP contribution >= 0.6 is 0 Å². The van der Waals surface area contributed by atoms with Crippen molar-refractivity contribution in [2.45, 2.75) is 13.1 Å². The lowest BCUT2D eigenvalue weighted by Gasteiger charge is -2.11. The standard InChI is InChI=1S/C10H6F3NO2/c1-5-2-6(4-14)7(9(15)16)3-8(5)10(11,12)13/h2-3H,1H3,(H,15,16). The van der Waals surface area contributed by atoms with Crippen molar-refractivity contribution in [3.63, 3.8) is 0 Å². The van der Waals surface area contributed by atoms with Gasteiger partial charge >= 0.3 is 12.1 Å². The summed E-state index contributed by atoms with van der Waals surface area (Å²) in [6, 6.07) is 2.95. The molecule has 0 saturated carbocycles. The predicted octanol–water partition coefficient (Wildman–Crippen LogP) is 2.58. The molecule has 0 heterocycles. The first kappa shape index (κ1) is 12.0. The van der Waals surface area contributed by atoms with E-state index < -0.39 is 23.3 Å². The van der Waals surface area contributed by atoms with E-state index in [0.29, 0.717) is 6.07 Å². The van der Waals surface area contributed by atoms with Crippen molar-refractivity contribution in [3.8, 4) is 6.07 Å². The summed E-state index contributed by atoms with van der Waals surface area (Å²) in [5.41, 5.74) is -2.13. The maximum atomic E-state index is 12.5. The van der Waals surface area contributed by atoms with Crippen LogP contribution < -0.4 is 0 Å². The number of benzene rings is 1. The first-order chi connectivity index (χ1) is 7.27. The fourth-order valence-electron chi connectivity index (χ4n) is 1.28. The SMILES string of the molecule is Cc1cc(C#N)c(C(=O)O)cc1C(F)(F)F. The average molecular weight is 229 g/mol. The summed E-state index contributed by atoms with van der Waals surface area (Å²) in [5.74, 6) is -1.55. The van der Waals surface area contributed by atoms with Crippen molar-refractivity contribution in [2.24, 2.45) is 0 Å². The van der Waals surface area contributed by atoms with Crippen molar-refractivity contribution < 1.29 is 23.1 Å². The molecule has 0 radical (unpaired) electrons. The van der Waals surface area contributed by atoms with Gasteiger partial charge in [-0.3, -0.25) is 0 Å². The van der Waals surface area contributed by atoms with Gasteiger partial charge in [-0.1, -0.05) is 0 Å². The third-order valence-corrected chi connectivity index (χ3v) is 2.02. The molecule has 1 N–H and O–H groups in total. The van der Waals surface area contributed by atoms with Gasteiger partial charge < -0.3 is 5.11 Å². The summed E-state index contributed by atoms with van der Waals surface area (Å²) < 4.78 is 37.4. The van der Waals surface area contributed by atoms with Crippen LogP contribution in [0.15, 0.2) is 12.1 Å². The number of alkyl halides is 3. The zero-order valence-electron chi connectivity index (χ0n) is 8.09. The Morgan fingerprint density at radius 3 is 2.38 bits per heavy atom. The molecule has 0 aliphatic heterocycles. The molecule has 0 aliphatic carbocycles. The summed E-state index contributed by atoms with van der Waals surface area (Å²) >= 11 is 0. The molecular formula is C10H6F3NO2. The first-order valence-corrected chi connectivity index (χ1v) is 4.12. The van der Waals surface area contributed by atoms with Crippen LogP contribution in [0.1, 0.15) is 27.0 Å². The van der Waals surface area contributed by atoms with Gasteiger partial charge in [0.15, 0.2) is 0 Å². The second kappa shape index (κ2) is 3.85. The molecule has 0 saturated heterocycles. The van der Waals surface area contributed by atoms with E-state index in [2.05, 4.69) is 0 Å². The summed E-state index contributed by atoms with van der Waals surface area (Å²) in [6.45, 7) is 1.18. The van der Waals surface area contributed by atoms with E-state index in [-0.39, 0.29) is 11.1 Å². The van der Waals surface area contributed by atoms with Crippen LogP contribution in [0.5, 0.6) is 0 Å². The first-order valence-electron chi connectivity index (χ1n) is 4.12. The molecule has 3 nitrogen and oxygen atoms in total. The van der Waals surface area contributed by atoms with Crippen molar-refractivity contribution in [2.75, 3.05) is 0 Å². The Balaban J connectivity index is 3.53. The number of nitriles is 1. The number of rotatable bonds is 1. The van der Waals surface area contributed by atoms with Gasteiger partial charge in [0.1, 0.15) is 6.07 Å². The number of carboxylic acid groups (broad SMARTS) is 1. The molecule has 0 atom stereocenters. The Labute approximate surface area is 88.7 Å².